The summed E-state index contributed by atoms with van der Waals surface area (Å²) in [4.78, 5) is 0. The van der Waals surface area contributed by atoms with E-state index < -0.39 is 0 Å². The van der Waals surface area contributed by atoms with Gasteiger partial charge in [0.2, 0.25) is 0 Å². The molecule has 2 saturated carbocycles. The lowest BCUT2D eigenvalue weighted by Crippen LogP contribution is -2.41. The predicted octanol–water partition coefficient (Wildman–Crippen LogP) is 6.76. The molecule has 174 valence electrons. The minimum absolute atomic E-state index is 0.0263. The van der Waals surface area contributed by atoms with E-state index in [1.807, 2.05) is 6.26 Å². The van der Waals surface area contributed by atoms with Crippen LogP contribution in [-0.2, 0) is 11.3 Å². The number of hydrogen-bond donors (Lipinski definition) is 2. The summed E-state index contributed by atoms with van der Waals surface area (Å²) in [6, 6.07) is 11.1. The molecule has 0 amide bonds. The minimum Gasteiger partial charge on any atom is -0.495 e. The van der Waals surface area contributed by atoms with Crippen LogP contribution < -0.4 is 5.32 Å². The minimum atomic E-state index is -0.310. The Balaban J connectivity index is 1.52. The molecule has 3 nitrogen and oxygen atoms in total. The van der Waals surface area contributed by atoms with Gasteiger partial charge in [-0.2, -0.15) is 0 Å². The fraction of sp³-hybridized carbons (Fsp3) is 0.714. The van der Waals surface area contributed by atoms with E-state index in [2.05, 4.69) is 48.6 Å². The maximum Gasteiger partial charge on any atom is 0.127 e. The van der Waals surface area contributed by atoms with Crippen LogP contribution in [0.2, 0.25) is 0 Å². The third-order valence-electron chi connectivity index (χ3n) is 7.41. The average molecular weight is 428 g/mol. The first-order chi connectivity index (χ1) is 15.3. The summed E-state index contributed by atoms with van der Waals surface area (Å²) in [7, 11) is 0. The van der Waals surface area contributed by atoms with Crippen molar-refractivity contribution in [1.82, 2.24) is 5.32 Å². The van der Waals surface area contributed by atoms with Crippen LogP contribution >= 0.6 is 0 Å². The highest BCUT2D eigenvalue weighted by atomic mass is 16.5. The van der Waals surface area contributed by atoms with Crippen LogP contribution in [0.25, 0.3) is 0 Å². The Labute approximate surface area is 190 Å². The maximum atomic E-state index is 11.2. The molecule has 0 saturated heterocycles. The van der Waals surface area contributed by atoms with Gasteiger partial charge < -0.3 is 15.2 Å². The Kier molecular flexibility index (Phi) is 11.0. The van der Waals surface area contributed by atoms with Crippen LogP contribution in [0.15, 0.2) is 42.7 Å². The lowest BCUT2D eigenvalue weighted by molar-refractivity contribution is -0.0690. The smallest absolute Gasteiger partial charge is 0.127 e. The topological polar surface area (TPSA) is 41.5 Å². The van der Waals surface area contributed by atoms with Crippen LogP contribution in [0, 0.1) is 11.8 Å². The molecular weight excluding hydrogens is 382 g/mol. The number of hydrogen-bond acceptors (Lipinski definition) is 3. The molecule has 3 atom stereocenters. The van der Waals surface area contributed by atoms with Crippen molar-refractivity contribution in [3.8, 4) is 0 Å². The summed E-state index contributed by atoms with van der Waals surface area (Å²) in [6.45, 7) is 3.16. The second kappa shape index (κ2) is 14.0. The van der Waals surface area contributed by atoms with E-state index in [-0.39, 0.29) is 12.2 Å². The van der Waals surface area contributed by atoms with Gasteiger partial charge in [-0.05, 0) is 62.0 Å². The summed E-state index contributed by atoms with van der Waals surface area (Å²) in [5.41, 5.74) is 1.33. The van der Waals surface area contributed by atoms with Gasteiger partial charge in [-0.1, -0.05) is 82.2 Å². The highest BCUT2D eigenvalue weighted by Crippen LogP contribution is 2.35. The van der Waals surface area contributed by atoms with Crippen LogP contribution in [0.4, 0.5) is 0 Å². The first-order valence-corrected chi connectivity index (χ1v) is 13.0. The van der Waals surface area contributed by atoms with Crippen molar-refractivity contribution in [2.75, 3.05) is 0 Å². The van der Waals surface area contributed by atoms with E-state index in [1.165, 1.54) is 76.2 Å². The largest absolute Gasteiger partial charge is 0.495 e. The molecule has 2 aliphatic rings. The third kappa shape index (κ3) is 8.27. The predicted molar refractivity (Wildman–Crippen MR) is 130 cm³/mol. The van der Waals surface area contributed by atoms with Crippen molar-refractivity contribution in [3.05, 3.63) is 48.2 Å². The number of rotatable bonds is 12. The van der Waals surface area contributed by atoms with Gasteiger partial charge in [0.15, 0.2) is 0 Å². The Morgan fingerprint density at radius 1 is 0.968 bits per heavy atom. The van der Waals surface area contributed by atoms with Crippen molar-refractivity contribution in [2.24, 2.45) is 11.8 Å². The number of nitrogens with one attached hydrogen (secondary N) is 1. The molecule has 0 bridgehead atoms. The molecule has 0 radical (unpaired) electrons. The van der Waals surface area contributed by atoms with Gasteiger partial charge in [-0.15, -0.1) is 0 Å². The summed E-state index contributed by atoms with van der Waals surface area (Å²) in [6.07, 6.45) is 19.6. The molecule has 0 heterocycles. The molecule has 2 N–H and O–H groups in total. The number of aliphatic hydroxyl groups is 1. The Morgan fingerprint density at radius 3 is 2.26 bits per heavy atom. The Hall–Kier alpha value is -1.32. The molecule has 1 aromatic carbocycles. The zero-order valence-electron chi connectivity index (χ0n) is 19.7. The van der Waals surface area contributed by atoms with Crippen LogP contribution in [0.3, 0.4) is 0 Å². The third-order valence-corrected chi connectivity index (χ3v) is 7.41. The normalized spacial score (nSPS) is 21.7. The van der Waals surface area contributed by atoms with Gasteiger partial charge >= 0.3 is 0 Å². The second-order valence-electron chi connectivity index (χ2n) is 9.85. The summed E-state index contributed by atoms with van der Waals surface area (Å²) >= 11 is 0. The molecule has 3 rings (SSSR count). The molecule has 0 spiro atoms. The lowest BCUT2D eigenvalue weighted by Gasteiger charge is -2.37. The second-order valence-corrected chi connectivity index (χ2v) is 9.85. The fourth-order valence-corrected chi connectivity index (χ4v) is 5.55. The van der Waals surface area contributed by atoms with Gasteiger partial charge in [0, 0.05) is 12.6 Å². The van der Waals surface area contributed by atoms with Crippen molar-refractivity contribution in [2.45, 2.75) is 115 Å². The molecule has 0 aliphatic heterocycles. The molecule has 31 heavy (non-hydrogen) atoms. The Bertz CT molecular complexity index is 605. The average Bonchev–Trinajstić information content (AvgIpc) is 2.84. The molecule has 2 aliphatic carbocycles. The van der Waals surface area contributed by atoms with E-state index in [1.54, 1.807) is 0 Å². The molecule has 1 aromatic rings. The lowest BCUT2D eigenvalue weighted by atomic mass is 9.76. The van der Waals surface area contributed by atoms with E-state index >= 15 is 0 Å². The van der Waals surface area contributed by atoms with E-state index in [9.17, 15) is 5.11 Å². The molecule has 0 unspecified atom stereocenters. The van der Waals surface area contributed by atoms with Crippen molar-refractivity contribution in [1.29, 1.82) is 0 Å². The van der Waals surface area contributed by atoms with E-state index in [0.717, 1.165) is 19.4 Å². The summed E-state index contributed by atoms with van der Waals surface area (Å²) in [5.74, 6) is 0.937. The molecule has 2 fully saturated rings. The molecule has 3 heteroatoms. The van der Waals surface area contributed by atoms with Gasteiger partial charge in [0.25, 0.3) is 0 Å². The highest BCUT2D eigenvalue weighted by Gasteiger charge is 2.35. The fourth-order valence-electron chi connectivity index (χ4n) is 5.55. The highest BCUT2D eigenvalue weighted by molar-refractivity contribution is 5.14. The molecular formula is C28H45NO2. The first-order valence-electron chi connectivity index (χ1n) is 13.0. The monoisotopic (exact) mass is 427 g/mol. The zero-order valence-corrected chi connectivity index (χ0v) is 19.7. The molecule has 0 aromatic heterocycles. The van der Waals surface area contributed by atoms with Crippen LogP contribution in [0.5, 0.6) is 0 Å². The summed E-state index contributed by atoms with van der Waals surface area (Å²) in [5, 5.41) is 14.9. The van der Waals surface area contributed by atoms with Crippen LogP contribution in [0.1, 0.15) is 96.0 Å². The SMILES string of the molecule is CCC[C@H](C/C=C/O[C@H](C1CCCCC1)[C@H](O)C1CCCCC1)NCc1ccccc1. The van der Waals surface area contributed by atoms with E-state index in [4.69, 9.17) is 4.74 Å². The van der Waals surface area contributed by atoms with Crippen molar-refractivity contribution in [3.63, 3.8) is 0 Å². The number of aliphatic hydroxyl groups excluding tert-OH is 1. The first kappa shape index (κ1) is 24.3. The summed E-state index contributed by atoms with van der Waals surface area (Å²) < 4.78 is 6.33. The Morgan fingerprint density at radius 2 is 1.61 bits per heavy atom. The van der Waals surface area contributed by atoms with E-state index in [0.29, 0.717) is 17.9 Å². The number of benzene rings is 1. The van der Waals surface area contributed by atoms with Crippen molar-refractivity contribution < 1.29 is 9.84 Å². The van der Waals surface area contributed by atoms with Gasteiger partial charge in [-0.3, -0.25) is 0 Å². The quantitative estimate of drug-likeness (QED) is 0.362. The van der Waals surface area contributed by atoms with Crippen LogP contribution in [-0.4, -0.2) is 23.4 Å². The maximum absolute atomic E-state index is 11.2. The zero-order chi connectivity index (χ0) is 21.7. The van der Waals surface area contributed by atoms with Gasteiger partial charge in [0.05, 0.1) is 12.4 Å². The van der Waals surface area contributed by atoms with Gasteiger partial charge in [-0.25, -0.2) is 0 Å². The van der Waals surface area contributed by atoms with Gasteiger partial charge in [0.1, 0.15) is 6.10 Å². The standard InChI is InChI=1S/C28H45NO2/c1-2-13-26(29-22-23-14-6-3-7-15-23)20-12-21-31-28(25-18-10-5-11-19-25)27(30)24-16-8-4-9-17-24/h3,6-7,12,14-15,21,24-30H,2,4-5,8-11,13,16-20,22H2,1H3/b21-12+/t26-,27-,28-/m1/s1. The van der Waals surface area contributed by atoms with Crippen molar-refractivity contribution >= 4 is 0 Å². The number of ether oxygens (including phenoxy) is 1.